The Labute approximate surface area is 140 Å². The lowest BCUT2D eigenvalue weighted by Crippen LogP contribution is -2.55. The normalized spacial score (nSPS) is 39.8. The topological polar surface area (TPSA) is 54.0 Å². The van der Waals surface area contributed by atoms with Crippen molar-refractivity contribution in [2.45, 2.75) is 102 Å². The Bertz CT molecular complexity index is 510. The quantitative estimate of drug-likeness (QED) is 0.569. The third kappa shape index (κ3) is 2.67. The summed E-state index contributed by atoms with van der Waals surface area (Å²) in [6.45, 7) is 14.9. The molecule has 0 amide bonds. The second-order valence-corrected chi connectivity index (χ2v) is 13.9. The van der Waals surface area contributed by atoms with E-state index in [0.717, 1.165) is 19.3 Å². The summed E-state index contributed by atoms with van der Waals surface area (Å²) in [7, 11) is -1.95. The fourth-order valence-electron chi connectivity index (χ4n) is 3.70. The minimum atomic E-state index is -1.95. The van der Waals surface area contributed by atoms with Crippen LogP contribution in [0.25, 0.3) is 0 Å². The third-order valence-corrected chi connectivity index (χ3v) is 10.4. The van der Waals surface area contributed by atoms with Crippen molar-refractivity contribution in [1.82, 2.24) is 0 Å². The van der Waals surface area contributed by atoms with Crippen LogP contribution >= 0.6 is 0 Å². The zero-order valence-corrected chi connectivity index (χ0v) is 16.4. The molecule has 1 saturated carbocycles. The lowest BCUT2D eigenvalue weighted by molar-refractivity contribution is -0.210. The maximum absolute atomic E-state index is 12.3. The van der Waals surface area contributed by atoms with E-state index < -0.39 is 25.8 Å². The first kappa shape index (κ1) is 17.4. The summed E-state index contributed by atoms with van der Waals surface area (Å²) in [6, 6.07) is 0. The van der Waals surface area contributed by atoms with Crippen molar-refractivity contribution in [2.24, 2.45) is 0 Å². The molecule has 0 bridgehead atoms. The van der Waals surface area contributed by atoms with Gasteiger partial charge in [0.1, 0.15) is 6.10 Å². The molecule has 0 aromatic rings. The van der Waals surface area contributed by atoms with Crippen LogP contribution in [0.3, 0.4) is 0 Å². The number of hydrogen-bond acceptors (Lipinski definition) is 5. The average Bonchev–Trinajstić information content (AvgIpc) is 2.96. The summed E-state index contributed by atoms with van der Waals surface area (Å²) in [5.41, 5.74) is -0.676. The number of carbonyl (C=O) groups is 1. The first-order valence-electron chi connectivity index (χ1n) is 8.64. The van der Waals surface area contributed by atoms with Crippen molar-refractivity contribution in [3.8, 4) is 0 Å². The smallest absolute Gasteiger partial charge is 0.339 e. The van der Waals surface area contributed by atoms with Gasteiger partial charge in [0.15, 0.2) is 25.8 Å². The molecule has 6 heteroatoms. The van der Waals surface area contributed by atoms with Crippen LogP contribution in [0, 0.1) is 0 Å². The van der Waals surface area contributed by atoms with Gasteiger partial charge in [0, 0.05) is 0 Å². The molecule has 0 radical (unpaired) electrons. The third-order valence-electron chi connectivity index (χ3n) is 5.92. The van der Waals surface area contributed by atoms with E-state index in [1.54, 1.807) is 0 Å². The van der Waals surface area contributed by atoms with Crippen LogP contribution in [0.4, 0.5) is 0 Å². The Balaban J connectivity index is 1.88. The van der Waals surface area contributed by atoms with Gasteiger partial charge in [-0.05, 0) is 51.2 Å². The predicted molar refractivity (Wildman–Crippen MR) is 88.6 cm³/mol. The van der Waals surface area contributed by atoms with Crippen molar-refractivity contribution in [3.05, 3.63) is 0 Å². The van der Waals surface area contributed by atoms with Gasteiger partial charge in [-0.3, -0.25) is 0 Å². The summed E-state index contributed by atoms with van der Waals surface area (Å²) in [4.78, 5) is 12.3. The van der Waals surface area contributed by atoms with Crippen LogP contribution < -0.4 is 0 Å². The maximum atomic E-state index is 12.3. The van der Waals surface area contributed by atoms with Gasteiger partial charge in [0.25, 0.3) is 0 Å². The first-order chi connectivity index (χ1) is 10.4. The Morgan fingerprint density at radius 3 is 2.48 bits per heavy atom. The maximum Gasteiger partial charge on any atom is 0.339 e. The Morgan fingerprint density at radius 1 is 1.22 bits per heavy atom. The van der Waals surface area contributed by atoms with Crippen molar-refractivity contribution in [2.75, 3.05) is 0 Å². The van der Waals surface area contributed by atoms with Gasteiger partial charge in [0.05, 0.1) is 6.10 Å². The molecule has 3 rings (SSSR count). The standard InChI is InChI=1S/C17H30O5Si/c1-15(2,3)23(6,7)22-11-9-8-10-17(11)13-12(14(18)21-17)19-16(4,5)20-13/h11-13H,8-10H2,1-7H3/t11-,12+,13-,17+/m0/s1. The molecule has 0 aromatic carbocycles. The lowest BCUT2D eigenvalue weighted by atomic mass is 9.92. The SMILES string of the molecule is CC1(C)O[C@H]2C(=O)O[C@@]3(CCC[C@@H]3O[Si](C)(C)C(C)(C)C)[C@H]2O1. The molecular weight excluding hydrogens is 312 g/mol. The summed E-state index contributed by atoms with van der Waals surface area (Å²) in [5.74, 6) is -1.04. The Hall–Kier alpha value is -0.433. The van der Waals surface area contributed by atoms with Crippen molar-refractivity contribution < 1.29 is 23.4 Å². The second kappa shape index (κ2) is 5.03. The van der Waals surface area contributed by atoms with Gasteiger partial charge >= 0.3 is 5.97 Å². The number of rotatable bonds is 2. The summed E-state index contributed by atoms with van der Waals surface area (Å²) >= 11 is 0. The zero-order chi connectivity index (χ0) is 17.3. The number of fused-ring (bicyclic) bond motifs is 2. The highest BCUT2D eigenvalue weighted by Crippen LogP contribution is 2.52. The number of ether oxygens (including phenoxy) is 3. The molecule has 132 valence electrons. The first-order valence-corrected chi connectivity index (χ1v) is 11.6. The number of esters is 1. The van der Waals surface area contributed by atoms with Crippen LogP contribution in [0.2, 0.25) is 18.1 Å². The van der Waals surface area contributed by atoms with E-state index >= 15 is 0 Å². The van der Waals surface area contributed by atoms with Gasteiger partial charge < -0.3 is 18.6 Å². The molecule has 4 atom stereocenters. The van der Waals surface area contributed by atoms with Crippen LogP contribution in [0.1, 0.15) is 53.9 Å². The molecular formula is C17H30O5Si. The molecule has 0 aromatic heterocycles. The molecule has 5 nitrogen and oxygen atoms in total. The van der Waals surface area contributed by atoms with Crippen LogP contribution in [-0.4, -0.2) is 44.0 Å². The second-order valence-electron chi connectivity index (χ2n) is 9.11. The summed E-state index contributed by atoms with van der Waals surface area (Å²) in [6.07, 6.45) is 1.61. The largest absolute Gasteiger partial charge is 0.451 e. The fourth-order valence-corrected chi connectivity index (χ4v) is 5.08. The molecule has 2 heterocycles. The molecule has 23 heavy (non-hydrogen) atoms. The Morgan fingerprint density at radius 2 is 1.87 bits per heavy atom. The van der Waals surface area contributed by atoms with E-state index in [1.807, 2.05) is 13.8 Å². The number of hydrogen-bond donors (Lipinski definition) is 0. The van der Waals surface area contributed by atoms with E-state index in [0.29, 0.717) is 0 Å². The van der Waals surface area contributed by atoms with Crippen molar-refractivity contribution in [1.29, 1.82) is 0 Å². The minimum Gasteiger partial charge on any atom is -0.451 e. The minimum absolute atomic E-state index is 0.0974. The van der Waals surface area contributed by atoms with Crippen LogP contribution in [0.15, 0.2) is 0 Å². The van der Waals surface area contributed by atoms with Gasteiger partial charge in [0.2, 0.25) is 0 Å². The number of carbonyl (C=O) groups excluding carboxylic acids is 1. The molecule has 3 aliphatic rings. The Kier molecular flexibility index (Phi) is 3.81. The van der Waals surface area contributed by atoms with Gasteiger partial charge in [-0.2, -0.15) is 0 Å². The van der Waals surface area contributed by atoms with E-state index in [1.165, 1.54) is 0 Å². The fraction of sp³-hybridized carbons (Fsp3) is 0.941. The monoisotopic (exact) mass is 342 g/mol. The molecule has 3 fully saturated rings. The lowest BCUT2D eigenvalue weighted by Gasteiger charge is -2.43. The van der Waals surface area contributed by atoms with Crippen LogP contribution in [0.5, 0.6) is 0 Å². The molecule has 0 unspecified atom stereocenters. The van der Waals surface area contributed by atoms with E-state index in [2.05, 4.69) is 33.9 Å². The highest BCUT2D eigenvalue weighted by atomic mass is 28.4. The van der Waals surface area contributed by atoms with E-state index in [-0.39, 0.29) is 23.2 Å². The predicted octanol–water partition coefficient (Wildman–Crippen LogP) is 3.38. The summed E-state index contributed by atoms with van der Waals surface area (Å²) < 4.78 is 24.4. The van der Waals surface area contributed by atoms with Crippen molar-refractivity contribution in [3.63, 3.8) is 0 Å². The van der Waals surface area contributed by atoms with Gasteiger partial charge in [-0.1, -0.05) is 20.8 Å². The van der Waals surface area contributed by atoms with Gasteiger partial charge in [-0.25, -0.2) is 4.79 Å². The van der Waals surface area contributed by atoms with E-state index in [4.69, 9.17) is 18.6 Å². The average molecular weight is 343 g/mol. The highest BCUT2D eigenvalue weighted by Gasteiger charge is 2.68. The summed E-state index contributed by atoms with van der Waals surface area (Å²) in [5, 5.41) is 0.116. The van der Waals surface area contributed by atoms with E-state index in [9.17, 15) is 4.79 Å². The van der Waals surface area contributed by atoms with Crippen LogP contribution in [-0.2, 0) is 23.4 Å². The molecule has 0 N–H and O–H groups in total. The molecule has 2 aliphatic heterocycles. The zero-order valence-electron chi connectivity index (χ0n) is 15.4. The van der Waals surface area contributed by atoms with Gasteiger partial charge in [-0.15, -0.1) is 0 Å². The molecule has 1 spiro atoms. The molecule has 1 aliphatic carbocycles. The molecule has 2 saturated heterocycles. The van der Waals surface area contributed by atoms with Crippen molar-refractivity contribution >= 4 is 14.3 Å². The highest BCUT2D eigenvalue weighted by molar-refractivity contribution is 6.74.